The van der Waals surface area contributed by atoms with Crippen LogP contribution in [0.5, 0.6) is 0 Å². The summed E-state index contributed by atoms with van der Waals surface area (Å²) < 4.78 is 0. The molecule has 1 nitrogen and oxygen atoms in total. The van der Waals surface area contributed by atoms with Gasteiger partial charge in [-0.05, 0) is 60.1 Å². The molecule has 0 spiro atoms. The van der Waals surface area contributed by atoms with Crippen molar-refractivity contribution in [3.05, 3.63) is 58.3 Å². The van der Waals surface area contributed by atoms with Gasteiger partial charge in [0.1, 0.15) is 0 Å². The molecule has 0 bridgehead atoms. The van der Waals surface area contributed by atoms with Crippen molar-refractivity contribution in [1.82, 2.24) is 5.32 Å². The van der Waals surface area contributed by atoms with Gasteiger partial charge in [-0.25, -0.2) is 0 Å². The van der Waals surface area contributed by atoms with Crippen molar-refractivity contribution in [2.75, 3.05) is 0 Å². The molecule has 1 N–H and O–H groups in total. The van der Waals surface area contributed by atoms with Gasteiger partial charge in [0.2, 0.25) is 0 Å². The number of rotatable bonds is 6. The third kappa shape index (κ3) is 3.46. The zero-order chi connectivity index (χ0) is 13.1. The van der Waals surface area contributed by atoms with Gasteiger partial charge in [0.15, 0.2) is 0 Å². The maximum atomic E-state index is 3.84. The van der Waals surface area contributed by atoms with Gasteiger partial charge < -0.3 is 5.32 Å². The summed E-state index contributed by atoms with van der Waals surface area (Å²) in [6.45, 7) is 2.30. The second-order valence-electron chi connectivity index (χ2n) is 5.63. The molecule has 2 aromatic rings. The number of hydrogen-bond donors (Lipinski definition) is 1. The van der Waals surface area contributed by atoms with Crippen molar-refractivity contribution < 1.29 is 0 Å². The van der Waals surface area contributed by atoms with Crippen molar-refractivity contribution in [3.8, 4) is 0 Å². The zero-order valence-electron chi connectivity index (χ0n) is 11.4. The summed E-state index contributed by atoms with van der Waals surface area (Å²) >= 11 is 1.79. The fraction of sp³-hybridized carbons (Fsp3) is 0.412. The Morgan fingerprint density at radius 1 is 1.21 bits per heavy atom. The highest BCUT2D eigenvalue weighted by molar-refractivity contribution is 7.07. The van der Waals surface area contributed by atoms with Gasteiger partial charge in [-0.2, -0.15) is 11.3 Å². The van der Waals surface area contributed by atoms with Crippen molar-refractivity contribution in [1.29, 1.82) is 0 Å². The van der Waals surface area contributed by atoms with Crippen LogP contribution in [0.4, 0.5) is 0 Å². The van der Waals surface area contributed by atoms with E-state index in [1.807, 2.05) is 0 Å². The van der Waals surface area contributed by atoms with Gasteiger partial charge in [0.25, 0.3) is 0 Å². The van der Waals surface area contributed by atoms with E-state index >= 15 is 0 Å². The predicted octanol–water partition coefficient (Wildman–Crippen LogP) is 4.42. The lowest BCUT2D eigenvalue weighted by Gasteiger charge is -2.23. The Bertz CT molecular complexity index is 487. The van der Waals surface area contributed by atoms with Crippen molar-refractivity contribution >= 4 is 11.3 Å². The summed E-state index contributed by atoms with van der Waals surface area (Å²) in [6, 6.07) is 14.2. The van der Waals surface area contributed by atoms with Gasteiger partial charge in [0.05, 0.1) is 0 Å². The maximum Gasteiger partial charge on any atom is 0.0351 e. The van der Waals surface area contributed by atoms with Crippen molar-refractivity contribution in [3.63, 3.8) is 0 Å². The van der Waals surface area contributed by atoms with Crippen LogP contribution in [0.15, 0.2) is 47.2 Å². The normalized spacial score (nSPS) is 18.2. The molecule has 0 aliphatic heterocycles. The van der Waals surface area contributed by atoms with Crippen LogP contribution in [-0.4, -0.2) is 6.04 Å². The minimum Gasteiger partial charge on any atom is -0.307 e. The van der Waals surface area contributed by atoms with Gasteiger partial charge in [-0.1, -0.05) is 30.3 Å². The molecule has 1 aliphatic rings. The van der Waals surface area contributed by atoms with E-state index in [1.54, 1.807) is 11.3 Å². The molecule has 1 heterocycles. The SMILES string of the molecule is CC(Cc1ccsc1)NC(c1ccccc1)C1CC1. The predicted molar refractivity (Wildman–Crippen MR) is 82.5 cm³/mol. The Balaban J connectivity index is 1.65. The molecule has 3 rings (SSSR count). The molecule has 2 heteroatoms. The molecule has 100 valence electrons. The molecule has 1 aromatic heterocycles. The van der Waals surface area contributed by atoms with E-state index in [0.29, 0.717) is 12.1 Å². The first-order valence-electron chi connectivity index (χ1n) is 7.15. The fourth-order valence-corrected chi connectivity index (χ4v) is 3.40. The fourth-order valence-electron chi connectivity index (χ4n) is 2.72. The Hall–Kier alpha value is -1.12. The Morgan fingerprint density at radius 2 is 2.00 bits per heavy atom. The van der Waals surface area contributed by atoms with Gasteiger partial charge >= 0.3 is 0 Å². The third-order valence-electron chi connectivity index (χ3n) is 3.84. The van der Waals surface area contributed by atoms with E-state index in [2.05, 4.69) is 59.4 Å². The van der Waals surface area contributed by atoms with Crippen LogP contribution in [0.2, 0.25) is 0 Å². The molecule has 0 saturated heterocycles. The van der Waals surface area contributed by atoms with Crippen LogP contribution < -0.4 is 5.32 Å². The lowest BCUT2D eigenvalue weighted by atomic mass is 10.0. The first kappa shape index (κ1) is 12.9. The van der Waals surface area contributed by atoms with Crippen LogP contribution in [0.25, 0.3) is 0 Å². The number of nitrogens with one attached hydrogen (secondary N) is 1. The largest absolute Gasteiger partial charge is 0.307 e. The molecular weight excluding hydrogens is 250 g/mol. The highest BCUT2D eigenvalue weighted by Crippen LogP contribution is 2.41. The molecule has 19 heavy (non-hydrogen) atoms. The van der Waals surface area contributed by atoms with Crippen LogP contribution >= 0.6 is 11.3 Å². The summed E-state index contributed by atoms with van der Waals surface area (Å²) in [5.41, 5.74) is 2.90. The lowest BCUT2D eigenvalue weighted by molar-refractivity contribution is 0.417. The maximum absolute atomic E-state index is 3.84. The third-order valence-corrected chi connectivity index (χ3v) is 4.57. The Kier molecular flexibility index (Phi) is 4.00. The first-order chi connectivity index (χ1) is 9.33. The van der Waals surface area contributed by atoms with Crippen molar-refractivity contribution in [2.24, 2.45) is 5.92 Å². The first-order valence-corrected chi connectivity index (χ1v) is 8.09. The van der Waals surface area contributed by atoms with Gasteiger partial charge in [-0.3, -0.25) is 0 Å². The summed E-state index contributed by atoms with van der Waals surface area (Å²) in [5, 5.41) is 8.26. The average molecular weight is 271 g/mol. The van der Waals surface area contributed by atoms with E-state index in [0.717, 1.165) is 12.3 Å². The summed E-state index contributed by atoms with van der Waals surface area (Å²) in [7, 11) is 0. The van der Waals surface area contributed by atoms with Gasteiger partial charge in [-0.15, -0.1) is 0 Å². The monoisotopic (exact) mass is 271 g/mol. The van der Waals surface area contributed by atoms with Crippen LogP contribution in [-0.2, 0) is 6.42 Å². The minimum atomic E-state index is 0.528. The second-order valence-corrected chi connectivity index (χ2v) is 6.41. The molecule has 2 atom stereocenters. The highest BCUT2D eigenvalue weighted by atomic mass is 32.1. The summed E-state index contributed by atoms with van der Waals surface area (Å²) in [5.74, 6) is 0.840. The number of thiophene rings is 1. The zero-order valence-corrected chi connectivity index (χ0v) is 12.2. The molecule has 1 aromatic carbocycles. The molecule has 0 radical (unpaired) electrons. The van der Waals surface area contributed by atoms with Crippen molar-refractivity contribution in [2.45, 2.75) is 38.3 Å². The Labute approximate surface area is 119 Å². The summed E-state index contributed by atoms with van der Waals surface area (Å²) in [4.78, 5) is 0. The second kappa shape index (κ2) is 5.89. The minimum absolute atomic E-state index is 0.528. The van der Waals surface area contributed by atoms with E-state index in [-0.39, 0.29) is 0 Å². The summed E-state index contributed by atoms with van der Waals surface area (Å²) in [6.07, 6.45) is 3.87. The molecule has 1 aliphatic carbocycles. The number of hydrogen-bond acceptors (Lipinski definition) is 2. The molecule has 1 saturated carbocycles. The van der Waals surface area contributed by atoms with E-state index in [9.17, 15) is 0 Å². The molecule has 0 amide bonds. The van der Waals surface area contributed by atoms with E-state index in [4.69, 9.17) is 0 Å². The quantitative estimate of drug-likeness (QED) is 0.820. The smallest absolute Gasteiger partial charge is 0.0351 e. The Morgan fingerprint density at radius 3 is 2.63 bits per heavy atom. The number of benzene rings is 1. The molecule has 2 unspecified atom stereocenters. The highest BCUT2D eigenvalue weighted by Gasteiger charge is 2.32. The molecular formula is C17H21NS. The lowest BCUT2D eigenvalue weighted by Crippen LogP contribution is -2.33. The van der Waals surface area contributed by atoms with Crippen LogP contribution in [0.1, 0.15) is 36.9 Å². The van der Waals surface area contributed by atoms with Crippen LogP contribution in [0.3, 0.4) is 0 Å². The van der Waals surface area contributed by atoms with E-state index < -0.39 is 0 Å². The standard InChI is InChI=1S/C17H21NS/c1-13(11-14-9-10-19-12-14)18-17(16-7-8-16)15-5-3-2-4-6-15/h2-6,9-10,12-13,16-18H,7-8,11H2,1H3. The van der Waals surface area contributed by atoms with Gasteiger partial charge in [0, 0.05) is 12.1 Å². The topological polar surface area (TPSA) is 12.0 Å². The van der Waals surface area contributed by atoms with Crippen LogP contribution in [0, 0.1) is 5.92 Å². The average Bonchev–Trinajstić information content (AvgIpc) is 3.15. The van der Waals surface area contributed by atoms with E-state index in [1.165, 1.54) is 24.0 Å². The molecule has 1 fully saturated rings.